The maximum Gasteiger partial charge on any atom is 0.327 e. The number of halogens is 2. The molecular formula is C9H10FIN2O2. The van der Waals surface area contributed by atoms with Crippen molar-refractivity contribution in [1.82, 2.24) is 0 Å². The molecule has 0 fully saturated rings. The first kappa shape index (κ1) is 12.2. The van der Waals surface area contributed by atoms with Gasteiger partial charge in [-0.2, -0.15) is 0 Å². The van der Waals surface area contributed by atoms with Crippen molar-refractivity contribution in [3.05, 3.63) is 27.6 Å². The monoisotopic (exact) mass is 324 g/mol. The molecule has 0 aliphatic heterocycles. The Kier molecular flexibility index (Phi) is 4.28. The predicted molar refractivity (Wildman–Crippen MR) is 63.2 cm³/mol. The minimum absolute atomic E-state index is 0.0250. The molecule has 0 aliphatic carbocycles. The van der Waals surface area contributed by atoms with Gasteiger partial charge >= 0.3 is 5.97 Å². The summed E-state index contributed by atoms with van der Waals surface area (Å²) < 4.78 is 13.4. The van der Waals surface area contributed by atoms with Gasteiger partial charge in [0.15, 0.2) is 0 Å². The van der Waals surface area contributed by atoms with E-state index in [4.69, 9.17) is 10.8 Å². The topological polar surface area (TPSA) is 75.3 Å². The van der Waals surface area contributed by atoms with E-state index in [9.17, 15) is 9.18 Å². The summed E-state index contributed by atoms with van der Waals surface area (Å²) in [5.41, 5.74) is 5.85. The number of carbonyl (C=O) groups is 1. The molecule has 15 heavy (non-hydrogen) atoms. The van der Waals surface area contributed by atoms with Crippen molar-refractivity contribution in [1.29, 1.82) is 0 Å². The zero-order valence-corrected chi connectivity index (χ0v) is 9.86. The standard InChI is InChI=1S/C9H10FIN2O2/c10-5-1-2-7(6(11)3-5)13-8(4-12)9(14)15/h1-3,8,13H,4,12H2,(H,14,15). The summed E-state index contributed by atoms with van der Waals surface area (Å²) in [6.07, 6.45) is 0. The quantitative estimate of drug-likeness (QED) is 0.729. The van der Waals surface area contributed by atoms with Gasteiger partial charge in [-0.3, -0.25) is 0 Å². The second-order valence-corrected chi connectivity index (χ2v) is 4.06. The molecular weight excluding hydrogens is 314 g/mol. The fraction of sp³-hybridized carbons (Fsp3) is 0.222. The molecule has 0 bridgehead atoms. The van der Waals surface area contributed by atoms with Crippen LogP contribution in [0.2, 0.25) is 0 Å². The van der Waals surface area contributed by atoms with Crippen molar-refractivity contribution in [3.63, 3.8) is 0 Å². The third kappa shape index (κ3) is 3.31. The van der Waals surface area contributed by atoms with Crippen molar-refractivity contribution >= 4 is 34.2 Å². The minimum Gasteiger partial charge on any atom is -0.480 e. The van der Waals surface area contributed by atoms with E-state index in [0.29, 0.717) is 9.26 Å². The summed E-state index contributed by atoms with van der Waals surface area (Å²) in [6.45, 7) is -0.0250. The maximum atomic E-state index is 12.8. The summed E-state index contributed by atoms with van der Waals surface area (Å²) >= 11 is 1.92. The largest absolute Gasteiger partial charge is 0.480 e. The minimum atomic E-state index is -1.03. The molecule has 1 aromatic carbocycles. The normalized spacial score (nSPS) is 12.2. The first-order valence-corrected chi connectivity index (χ1v) is 5.27. The number of hydrogen-bond donors (Lipinski definition) is 3. The van der Waals surface area contributed by atoms with Gasteiger partial charge in [0.25, 0.3) is 0 Å². The Morgan fingerprint density at radius 1 is 1.67 bits per heavy atom. The fourth-order valence-corrected chi connectivity index (χ4v) is 1.65. The lowest BCUT2D eigenvalue weighted by Gasteiger charge is -2.14. The van der Waals surface area contributed by atoms with E-state index in [1.54, 1.807) is 0 Å². The molecule has 0 saturated heterocycles. The van der Waals surface area contributed by atoms with Gasteiger partial charge in [0.2, 0.25) is 0 Å². The van der Waals surface area contributed by atoms with E-state index in [-0.39, 0.29) is 12.4 Å². The van der Waals surface area contributed by atoms with Gasteiger partial charge in [-0.15, -0.1) is 0 Å². The van der Waals surface area contributed by atoms with Crippen LogP contribution in [-0.2, 0) is 4.79 Å². The van der Waals surface area contributed by atoms with Crippen LogP contribution in [0.1, 0.15) is 0 Å². The summed E-state index contributed by atoms with van der Waals surface area (Å²) in [6, 6.07) is 3.21. The van der Waals surface area contributed by atoms with Crippen LogP contribution in [0.5, 0.6) is 0 Å². The third-order valence-electron chi connectivity index (χ3n) is 1.79. The van der Waals surface area contributed by atoms with E-state index < -0.39 is 12.0 Å². The number of benzene rings is 1. The Labute approximate surface area is 99.8 Å². The Balaban J connectivity index is 2.84. The van der Waals surface area contributed by atoms with Crippen molar-refractivity contribution < 1.29 is 14.3 Å². The van der Waals surface area contributed by atoms with Gasteiger partial charge in [-0.05, 0) is 40.8 Å². The van der Waals surface area contributed by atoms with Crippen LogP contribution in [0.4, 0.5) is 10.1 Å². The lowest BCUT2D eigenvalue weighted by molar-refractivity contribution is -0.137. The Bertz CT molecular complexity index is 373. The van der Waals surface area contributed by atoms with Crippen molar-refractivity contribution in [3.8, 4) is 0 Å². The zero-order chi connectivity index (χ0) is 11.4. The van der Waals surface area contributed by atoms with Crippen LogP contribution in [0.3, 0.4) is 0 Å². The number of carboxylic acid groups (broad SMARTS) is 1. The summed E-state index contributed by atoms with van der Waals surface area (Å²) in [5, 5.41) is 11.5. The van der Waals surface area contributed by atoms with Gasteiger partial charge < -0.3 is 16.2 Å². The van der Waals surface area contributed by atoms with E-state index >= 15 is 0 Å². The van der Waals surface area contributed by atoms with Crippen molar-refractivity contribution in [2.24, 2.45) is 5.73 Å². The fourth-order valence-electron chi connectivity index (χ4n) is 1.02. The summed E-state index contributed by atoms with van der Waals surface area (Å²) in [4.78, 5) is 10.7. The highest BCUT2D eigenvalue weighted by atomic mass is 127. The van der Waals surface area contributed by atoms with E-state index in [1.165, 1.54) is 18.2 Å². The Hall–Kier alpha value is -0.890. The average molecular weight is 324 g/mol. The van der Waals surface area contributed by atoms with Crippen LogP contribution in [-0.4, -0.2) is 23.7 Å². The lowest BCUT2D eigenvalue weighted by atomic mass is 10.2. The van der Waals surface area contributed by atoms with Gasteiger partial charge in [0, 0.05) is 15.8 Å². The third-order valence-corrected chi connectivity index (χ3v) is 2.69. The molecule has 0 aromatic heterocycles. The smallest absolute Gasteiger partial charge is 0.327 e. The van der Waals surface area contributed by atoms with Crippen molar-refractivity contribution in [2.45, 2.75) is 6.04 Å². The highest BCUT2D eigenvalue weighted by molar-refractivity contribution is 14.1. The van der Waals surface area contributed by atoms with Crippen LogP contribution < -0.4 is 11.1 Å². The average Bonchev–Trinajstić information content (AvgIpc) is 2.16. The molecule has 0 spiro atoms. The summed E-state index contributed by atoms with van der Waals surface area (Å²) in [7, 11) is 0. The highest BCUT2D eigenvalue weighted by Crippen LogP contribution is 2.19. The molecule has 0 amide bonds. The van der Waals surface area contributed by atoms with E-state index in [0.717, 1.165) is 0 Å². The molecule has 1 rings (SSSR count). The number of anilines is 1. The molecule has 1 aromatic rings. The number of carboxylic acids is 1. The molecule has 4 nitrogen and oxygen atoms in total. The van der Waals surface area contributed by atoms with Gasteiger partial charge in [0.05, 0.1) is 0 Å². The van der Waals surface area contributed by atoms with Gasteiger partial charge in [0.1, 0.15) is 11.9 Å². The summed E-state index contributed by atoms with van der Waals surface area (Å²) in [5.74, 6) is -1.39. The molecule has 1 atom stereocenters. The van der Waals surface area contributed by atoms with Gasteiger partial charge in [-0.1, -0.05) is 0 Å². The first-order valence-electron chi connectivity index (χ1n) is 4.19. The Morgan fingerprint density at radius 2 is 2.33 bits per heavy atom. The number of hydrogen-bond acceptors (Lipinski definition) is 3. The molecule has 0 heterocycles. The van der Waals surface area contributed by atoms with E-state index in [2.05, 4.69) is 5.32 Å². The second kappa shape index (κ2) is 5.26. The number of nitrogens with two attached hydrogens (primary N) is 1. The van der Waals surface area contributed by atoms with Crippen LogP contribution in [0, 0.1) is 9.39 Å². The molecule has 1 unspecified atom stereocenters. The first-order chi connectivity index (χ1) is 7.04. The Morgan fingerprint density at radius 3 is 2.80 bits per heavy atom. The number of aliphatic carboxylic acids is 1. The van der Waals surface area contributed by atoms with Crippen LogP contribution in [0.15, 0.2) is 18.2 Å². The molecule has 82 valence electrons. The number of rotatable bonds is 4. The molecule has 4 N–H and O–H groups in total. The molecule has 0 aliphatic rings. The molecule has 0 radical (unpaired) electrons. The molecule has 0 saturated carbocycles. The van der Waals surface area contributed by atoms with Crippen molar-refractivity contribution in [2.75, 3.05) is 11.9 Å². The van der Waals surface area contributed by atoms with Crippen LogP contribution >= 0.6 is 22.6 Å². The second-order valence-electron chi connectivity index (χ2n) is 2.90. The highest BCUT2D eigenvalue weighted by Gasteiger charge is 2.15. The lowest BCUT2D eigenvalue weighted by Crippen LogP contribution is -2.36. The van der Waals surface area contributed by atoms with E-state index in [1.807, 2.05) is 22.6 Å². The zero-order valence-electron chi connectivity index (χ0n) is 7.71. The molecule has 6 heteroatoms. The van der Waals surface area contributed by atoms with Crippen LogP contribution in [0.25, 0.3) is 0 Å². The SMILES string of the molecule is NCC(Nc1ccc(F)cc1I)C(=O)O. The number of nitrogens with one attached hydrogen (secondary N) is 1. The maximum absolute atomic E-state index is 12.8. The van der Waals surface area contributed by atoms with Gasteiger partial charge in [-0.25, -0.2) is 9.18 Å². The predicted octanol–water partition coefficient (Wildman–Crippen LogP) is 1.25.